The molecule has 3 aromatic rings. The molecule has 1 N–H and O–H groups in total. The number of hydrogen-bond acceptors (Lipinski definition) is 4. The summed E-state index contributed by atoms with van der Waals surface area (Å²) in [6.45, 7) is 4.20. The van der Waals surface area contributed by atoms with Crippen molar-refractivity contribution in [3.63, 3.8) is 0 Å². The normalized spacial score (nSPS) is 10.6. The lowest BCUT2D eigenvalue weighted by Crippen LogP contribution is -2.17. The molecule has 0 aliphatic carbocycles. The average Bonchev–Trinajstić information content (AvgIpc) is 2.76. The van der Waals surface area contributed by atoms with Crippen LogP contribution in [0.2, 0.25) is 0 Å². The van der Waals surface area contributed by atoms with Gasteiger partial charge in [-0.1, -0.05) is 54.1 Å². The Morgan fingerprint density at radius 3 is 2.34 bits per heavy atom. The number of aryl methyl sites for hydroxylation is 1. The van der Waals surface area contributed by atoms with Gasteiger partial charge in [0.2, 0.25) is 0 Å². The first-order chi connectivity index (χ1) is 14.2. The van der Waals surface area contributed by atoms with Crippen LogP contribution in [0.3, 0.4) is 0 Å². The van der Waals surface area contributed by atoms with E-state index < -0.39 is 0 Å². The minimum atomic E-state index is 0.515. The smallest absolute Gasteiger partial charge is 0.166 e. The van der Waals surface area contributed by atoms with Crippen LogP contribution in [-0.4, -0.2) is 20.8 Å². The second-order valence-electron chi connectivity index (χ2n) is 7.00. The Hall–Kier alpha value is -2.98. The number of rotatable bonds is 10. The number of ether oxygens (including phenoxy) is 3. The summed E-state index contributed by atoms with van der Waals surface area (Å²) in [6.07, 6.45) is 0.952. The second kappa shape index (κ2) is 10.5. The van der Waals surface area contributed by atoms with Crippen molar-refractivity contribution >= 4 is 0 Å². The molecule has 0 aliphatic heterocycles. The van der Waals surface area contributed by atoms with Gasteiger partial charge in [0, 0.05) is 12.1 Å². The molecule has 0 amide bonds. The van der Waals surface area contributed by atoms with Crippen molar-refractivity contribution in [2.24, 2.45) is 0 Å². The highest BCUT2D eigenvalue weighted by Gasteiger charge is 2.11. The van der Waals surface area contributed by atoms with Gasteiger partial charge in [0.25, 0.3) is 0 Å². The molecule has 0 unspecified atom stereocenters. The summed E-state index contributed by atoms with van der Waals surface area (Å²) in [5.41, 5.74) is 4.74. The standard InChI is InChI=1S/C25H29NO3/c1-19-6-4-7-21(16-19)18-29-25-22(8-5-9-24(25)28-3)17-26-15-14-20-10-12-23(27-2)13-11-20/h4-13,16,26H,14-15,17-18H2,1-3H3. The summed E-state index contributed by atoms with van der Waals surface area (Å²) in [5, 5.41) is 3.51. The summed E-state index contributed by atoms with van der Waals surface area (Å²) < 4.78 is 16.9. The average molecular weight is 392 g/mol. The molecule has 0 spiro atoms. The van der Waals surface area contributed by atoms with Crippen LogP contribution in [0.4, 0.5) is 0 Å². The molecule has 0 aromatic heterocycles. The molecule has 0 bridgehead atoms. The third kappa shape index (κ3) is 6.00. The fraction of sp³-hybridized carbons (Fsp3) is 0.280. The Bertz CT molecular complexity index is 906. The summed E-state index contributed by atoms with van der Waals surface area (Å²) >= 11 is 0. The maximum absolute atomic E-state index is 6.16. The molecule has 0 atom stereocenters. The van der Waals surface area contributed by atoms with Crippen molar-refractivity contribution in [3.05, 3.63) is 89.0 Å². The van der Waals surface area contributed by atoms with E-state index in [0.717, 1.165) is 47.9 Å². The Labute approximate surface area is 173 Å². The van der Waals surface area contributed by atoms with E-state index in [1.165, 1.54) is 11.1 Å². The molecule has 0 fully saturated rings. The predicted octanol–water partition coefficient (Wildman–Crippen LogP) is 4.92. The third-order valence-corrected chi connectivity index (χ3v) is 4.81. The van der Waals surface area contributed by atoms with Gasteiger partial charge in [-0.3, -0.25) is 0 Å². The highest BCUT2D eigenvalue weighted by Crippen LogP contribution is 2.31. The van der Waals surface area contributed by atoms with E-state index in [9.17, 15) is 0 Å². The van der Waals surface area contributed by atoms with E-state index >= 15 is 0 Å². The van der Waals surface area contributed by atoms with Gasteiger partial charge in [-0.2, -0.15) is 0 Å². The van der Waals surface area contributed by atoms with Crippen molar-refractivity contribution in [2.75, 3.05) is 20.8 Å². The fourth-order valence-electron chi connectivity index (χ4n) is 3.23. The molecule has 29 heavy (non-hydrogen) atoms. The van der Waals surface area contributed by atoms with Crippen molar-refractivity contribution in [1.29, 1.82) is 0 Å². The lowest BCUT2D eigenvalue weighted by Gasteiger charge is -2.16. The maximum atomic E-state index is 6.16. The number of para-hydroxylation sites is 1. The molecular formula is C25H29NO3. The van der Waals surface area contributed by atoms with Crippen molar-refractivity contribution in [1.82, 2.24) is 5.32 Å². The number of benzene rings is 3. The van der Waals surface area contributed by atoms with Crippen molar-refractivity contribution in [2.45, 2.75) is 26.5 Å². The van der Waals surface area contributed by atoms with Crippen molar-refractivity contribution in [3.8, 4) is 17.2 Å². The van der Waals surface area contributed by atoms with Gasteiger partial charge in [-0.25, -0.2) is 0 Å². The zero-order valence-electron chi connectivity index (χ0n) is 17.4. The van der Waals surface area contributed by atoms with Crippen LogP contribution in [0.5, 0.6) is 17.2 Å². The molecule has 4 heteroatoms. The van der Waals surface area contributed by atoms with Gasteiger partial charge in [0.05, 0.1) is 14.2 Å². The highest BCUT2D eigenvalue weighted by molar-refractivity contribution is 5.46. The minimum absolute atomic E-state index is 0.515. The van der Waals surface area contributed by atoms with E-state index in [0.29, 0.717) is 6.61 Å². The number of nitrogens with one attached hydrogen (secondary N) is 1. The first kappa shape index (κ1) is 20.7. The molecule has 0 aliphatic rings. The van der Waals surface area contributed by atoms with Gasteiger partial charge < -0.3 is 19.5 Å². The molecule has 0 radical (unpaired) electrons. The van der Waals surface area contributed by atoms with Crippen LogP contribution in [-0.2, 0) is 19.6 Å². The summed E-state index contributed by atoms with van der Waals surface area (Å²) in [7, 11) is 3.36. The Morgan fingerprint density at radius 2 is 1.62 bits per heavy atom. The zero-order chi connectivity index (χ0) is 20.5. The van der Waals surface area contributed by atoms with Crippen molar-refractivity contribution < 1.29 is 14.2 Å². The van der Waals surface area contributed by atoms with Gasteiger partial charge >= 0.3 is 0 Å². The first-order valence-electron chi connectivity index (χ1n) is 9.87. The van der Waals surface area contributed by atoms with Crippen LogP contribution in [0, 0.1) is 6.92 Å². The quantitative estimate of drug-likeness (QED) is 0.498. The molecule has 0 saturated heterocycles. The molecule has 4 nitrogen and oxygen atoms in total. The predicted molar refractivity (Wildman–Crippen MR) is 117 cm³/mol. The van der Waals surface area contributed by atoms with Gasteiger partial charge in [-0.05, 0) is 49.2 Å². The van der Waals surface area contributed by atoms with E-state index in [2.05, 4.69) is 54.7 Å². The van der Waals surface area contributed by atoms with Gasteiger partial charge in [0.15, 0.2) is 11.5 Å². The van der Waals surface area contributed by atoms with Gasteiger partial charge in [0.1, 0.15) is 12.4 Å². The molecular weight excluding hydrogens is 362 g/mol. The van der Waals surface area contributed by atoms with E-state index in [1.54, 1.807) is 14.2 Å². The minimum Gasteiger partial charge on any atom is -0.497 e. The first-order valence-corrected chi connectivity index (χ1v) is 9.87. The summed E-state index contributed by atoms with van der Waals surface area (Å²) in [5.74, 6) is 2.44. The monoisotopic (exact) mass is 391 g/mol. The Balaban J connectivity index is 1.59. The summed E-state index contributed by atoms with van der Waals surface area (Å²) in [6, 6.07) is 22.6. The fourth-order valence-corrected chi connectivity index (χ4v) is 3.23. The van der Waals surface area contributed by atoms with Crippen LogP contribution in [0.25, 0.3) is 0 Å². The van der Waals surface area contributed by atoms with Gasteiger partial charge in [-0.15, -0.1) is 0 Å². The molecule has 3 rings (SSSR count). The van der Waals surface area contributed by atoms with Crippen LogP contribution in [0.15, 0.2) is 66.7 Å². The molecule has 0 heterocycles. The topological polar surface area (TPSA) is 39.7 Å². The van der Waals surface area contributed by atoms with E-state index in [-0.39, 0.29) is 0 Å². The number of hydrogen-bond donors (Lipinski definition) is 1. The lowest BCUT2D eigenvalue weighted by atomic mass is 10.1. The second-order valence-corrected chi connectivity index (χ2v) is 7.00. The molecule has 152 valence electrons. The zero-order valence-corrected chi connectivity index (χ0v) is 17.4. The Morgan fingerprint density at radius 1 is 0.828 bits per heavy atom. The SMILES string of the molecule is COc1ccc(CCNCc2cccc(OC)c2OCc2cccc(C)c2)cc1. The molecule has 0 saturated carbocycles. The Kier molecular flexibility index (Phi) is 7.54. The van der Waals surface area contributed by atoms with E-state index in [4.69, 9.17) is 14.2 Å². The van der Waals surface area contributed by atoms with E-state index in [1.807, 2.05) is 24.3 Å². The highest BCUT2D eigenvalue weighted by atomic mass is 16.5. The third-order valence-electron chi connectivity index (χ3n) is 4.81. The summed E-state index contributed by atoms with van der Waals surface area (Å²) in [4.78, 5) is 0. The van der Waals surface area contributed by atoms with Crippen LogP contribution >= 0.6 is 0 Å². The van der Waals surface area contributed by atoms with Crippen LogP contribution in [0.1, 0.15) is 22.3 Å². The maximum Gasteiger partial charge on any atom is 0.166 e. The lowest BCUT2D eigenvalue weighted by molar-refractivity contribution is 0.280. The molecule has 3 aromatic carbocycles. The van der Waals surface area contributed by atoms with Crippen LogP contribution < -0.4 is 19.5 Å². The number of methoxy groups -OCH3 is 2. The largest absolute Gasteiger partial charge is 0.497 e.